The van der Waals surface area contributed by atoms with Gasteiger partial charge in [0, 0.05) is 5.56 Å². The minimum absolute atomic E-state index is 0.175. The first-order chi connectivity index (χ1) is 14.4. The summed E-state index contributed by atoms with van der Waals surface area (Å²) >= 11 is 1.12. The minimum atomic E-state index is -0.731. The zero-order chi connectivity index (χ0) is 21.8. The van der Waals surface area contributed by atoms with E-state index in [1.807, 2.05) is 0 Å². The molecule has 0 aliphatic heterocycles. The molecule has 0 saturated heterocycles. The Hall–Kier alpha value is -3.66. The molecule has 0 unspecified atom stereocenters. The van der Waals surface area contributed by atoms with Crippen LogP contribution in [-0.2, 0) is 0 Å². The number of hydrogen-bond acceptors (Lipinski definition) is 9. The predicted octanol–water partition coefficient (Wildman–Crippen LogP) is 4.27. The number of benzene rings is 2. The van der Waals surface area contributed by atoms with E-state index < -0.39 is 10.9 Å². The number of carbonyl (C=O) groups excluding carboxylic acids is 1. The van der Waals surface area contributed by atoms with Crippen molar-refractivity contribution in [2.45, 2.75) is 6.92 Å². The van der Waals surface area contributed by atoms with E-state index in [0.29, 0.717) is 22.2 Å². The summed E-state index contributed by atoms with van der Waals surface area (Å²) < 4.78 is 20.8. The topological polar surface area (TPSA) is 110 Å². The number of nitrogens with zero attached hydrogens (tertiary/aromatic N) is 2. The zero-order valence-electron chi connectivity index (χ0n) is 16.6. The maximum Gasteiger partial charge on any atom is 0.355 e. The van der Waals surface area contributed by atoms with Crippen LogP contribution in [0.2, 0.25) is 0 Å². The molecule has 0 fully saturated rings. The molecule has 3 rings (SSSR count). The van der Waals surface area contributed by atoms with Crippen molar-refractivity contribution in [1.29, 1.82) is 0 Å². The predicted molar refractivity (Wildman–Crippen MR) is 110 cm³/mol. The molecule has 10 heteroatoms. The molecule has 1 heterocycles. The zero-order valence-corrected chi connectivity index (χ0v) is 17.4. The average Bonchev–Trinajstić information content (AvgIpc) is 3.15. The van der Waals surface area contributed by atoms with Gasteiger partial charge in [0.25, 0.3) is 0 Å². The van der Waals surface area contributed by atoms with Gasteiger partial charge >= 0.3 is 11.7 Å². The molecule has 0 saturated carbocycles. The Kier molecular flexibility index (Phi) is 6.17. The molecule has 3 aromatic rings. The standard InChI is InChI=1S/C20H18N2O7S/c1-11-18(20(23)29-15-8-6-13(26-2)10-14(15)22(24)25)30-19(21-11)12-5-7-16(27-3)17(9-12)28-4/h5-10H,1-4H3. The van der Waals surface area contributed by atoms with Gasteiger partial charge in [0.15, 0.2) is 11.5 Å². The van der Waals surface area contributed by atoms with Crippen LogP contribution in [0.25, 0.3) is 10.6 Å². The summed E-state index contributed by atoms with van der Waals surface area (Å²) in [6.07, 6.45) is 0. The second-order valence-corrected chi connectivity index (χ2v) is 6.98. The van der Waals surface area contributed by atoms with Gasteiger partial charge in [-0.1, -0.05) is 0 Å². The molecule has 0 amide bonds. The van der Waals surface area contributed by atoms with Crippen molar-refractivity contribution >= 4 is 23.0 Å². The molecular weight excluding hydrogens is 412 g/mol. The second kappa shape index (κ2) is 8.78. The van der Waals surface area contributed by atoms with Gasteiger partial charge in [0.05, 0.1) is 38.0 Å². The van der Waals surface area contributed by atoms with Gasteiger partial charge in [-0.25, -0.2) is 9.78 Å². The van der Waals surface area contributed by atoms with E-state index in [-0.39, 0.29) is 22.1 Å². The summed E-state index contributed by atoms with van der Waals surface area (Å²) in [4.78, 5) is 28.0. The first kappa shape index (κ1) is 21.1. The Morgan fingerprint density at radius 2 is 1.70 bits per heavy atom. The Morgan fingerprint density at radius 3 is 2.33 bits per heavy atom. The molecule has 30 heavy (non-hydrogen) atoms. The van der Waals surface area contributed by atoms with E-state index in [9.17, 15) is 14.9 Å². The van der Waals surface area contributed by atoms with Crippen LogP contribution < -0.4 is 18.9 Å². The van der Waals surface area contributed by atoms with Gasteiger partial charge in [-0.05, 0) is 37.3 Å². The van der Waals surface area contributed by atoms with Crippen molar-refractivity contribution in [1.82, 2.24) is 4.98 Å². The van der Waals surface area contributed by atoms with Crippen LogP contribution >= 0.6 is 11.3 Å². The molecule has 0 N–H and O–H groups in total. The number of aromatic nitrogens is 1. The summed E-state index contributed by atoms with van der Waals surface area (Å²) in [6.45, 7) is 1.67. The smallest absolute Gasteiger partial charge is 0.355 e. The van der Waals surface area contributed by atoms with Crippen molar-refractivity contribution in [3.05, 3.63) is 57.1 Å². The fraction of sp³-hybridized carbons (Fsp3) is 0.200. The molecule has 0 aliphatic carbocycles. The molecule has 0 bridgehead atoms. The van der Waals surface area contributed by atoms with Crippen LogP contribution in [0.15, 0.2) is 36.4 Å². The number of carbonyl (C=O) groups is 1. The summed E-state index contributed by atoms with van der Waals surface area (Å²) in [7, 11) is 4.46. The van der Waals surface area contributed by atoms with Crippen molar-refractivity contribution in [2.75, 3.05) is 21.3 Å². The number of aryl methyl sites for hydroxylation is 1. The largest absolute Gasteiger partial charge is 0.496 e. The van der Waals surface area contributed by atoms with E-state index in [1.165, 1.54) is 39.5 Å². The summed E-state index contributed by atoms with van der Waals surface area (Å²) in [6, 6.07) is 9.27. The van der Waals surface area contributed by atoms with Gasteiger partial charge in [0.2, 0.25) is 5.75 Å². The van der Waals surface area contributed by atoms with E-state index in [4.69, 9.17) is 18.9 Å². The normalized spacial score (nSPS) is 10.4. The third kappa shape index (κ3) is 4.18. The molecule has 0 radical (unpaired) electrons. The van der Waals surface area contributed by atoms with Crippen LogP contribution in [0, 0.1) is 17.0 Å². The third-order valence-electron chi connectivity index (χ3n) is 4.18. The molecule has 1 aromatic heterocycles. The van der Waals surface area contributed by atoms with Gasteiger partial charge < -0.3 is 18.9 Å². The number of methoxy groups -OCH3 is 3. The highest BCUT2D eigenvalue weighted by molar-refractivity contribution is 7.17. The summed E-state index contributed by atoms with van der Waals surface area (Å²) in [5.41, 5.74) is 0.811. The second-order valence-electron chi connectivity index (χ2n) is 5.98. The van der Waals surface area contributed by atoms with Crippen LogP contribution in [0.1, 0.15) is 15.4 Å². The first-order valence-corrected chi connectivity index (χ1v) is 9.44. The molecule has 0 atom stereocenters. The summed E-state index contributed by atoms with van der Waals surface area (Å²) in [5, 5.41) is 11.9. The van der Waals surface area contributed by atoms with Crippen molar-refractivity contribution in [3.63, 3.8) is 0 Å². The lowest BCUT2D eigenvalue weighted by Gasteiger charge is -2.08. The number of nitro groups is 1. The number of hydrogen-bond donors (Lipinski definition) is 0. The lowest BCUT2D eigenvalue weighted by molar-refractivity contribution is -0.385. The van der Waals surface area contributed by atoms with E-state index in [0.717, 1.165) is 16.9 Å². The number of nitro benzene ring substituents is 1. The average molecular weight is 430 g/mol. The first-order valence-electron chi connectivity index (χ1n) is 8.62. The van der Waals surface area contributed by atoms with Gasteiger partial charge in [-0.15, -0.1) is 11.3 Å². The minimum Gasteiger partial charge on any atom is -0.496 e. The Bertz CT molecular complexity index is 1110. The maximum absolute atomic E-state index is 12.7. The van der Waals surface area contributed by atoms with Crippen LogP contribution in [0.5, 0.6) is 23.0 Å². The van der Waals surface area contributed by atoms with Crippen molar-refractivity contribution in [3.8, 4) is 33.6 Å². The lowest BCUT2D eigenvalue weighted by atomic mass is 10.2. The fourth-order valence-corrected chi connectivity index (χ4v) is 3.62. The molecular formula is C20H18N2O7S. The SMILES string of the molecule is COc1ccc(OC(=O)c2sc(-c3ccc(OC)c(OC)c3)nc2C)c([N+](=O)[O-])c1. The third-order valence-corrected chi connectivity index (χ3v) is 5.36. The molecule has 9 nitrogen and oxygen atoms in total. The molecule has 156 valence electrons. The van der Waals surface area contributed by atoms with Crippen LogP contribution in [0.3, 0.4) is 0 Å². The molecule has 0 spiro atoms. The van der Waals surface area contributed by atoms with Gasteiger partial charge in [-0.3, -0.25) is 10.1 Å². The highest BCUT2D eigenvalue weighted by Crippen LogP contribution is 2.36. The Morgan fingerprint density at radius 1 is 1.00 bits per heavy atom. The number of rotatable bonds is 7. The highest BCUT2D eigenvalue weighted by Gasteiger charge is 2.24. The number of esters is 1. The Balaban J connectivity index is 1.91. The van der Waals surface area contributed by atoms with E-state index in [1.54, 1.807) is 25.1 Å². The van der Waals surface area contributed by atoms with Gasteiger partial charge in [-0.2, -0.15) is 0 Å². The molecule has 0 aliphatic rings. The van der Waals surface area contributed by atoms with Crippen molar-refractivity contribution in [2.24, 2.45) is 0 Å². The lowest BCUT2D eigenvalue weighted by Crippen LogP contribution is -2.09. The maximum atomic E-state index is 12.7. The monoisotopic (exact) mass is 430 g/mol. The summed E-state index contributed by atoms with van der Waals surface area (Å²) in [5.74, 6) is 0.476. The Labute approximate surface area is 175 Å². The number of thiazole rings is 1. The fourth-order valence-electron chi connectivity index (χ4n) is 2.68. The quantitative estimate of drug-likeness (QED) is 0.236. The van der Waals surface area contributed by atoms with Crippen LogP contribution in [0.4, 0.5) is 5.69 Å². The molecule has 2 aromatic carbocycles. The van der Waals surface area contributed by atoms with Crippen LogP contribution in [-0.4, -0.2) is 37.2 Å². The van der Waals surface area contributed by atoms with Gasteiger partial charge in [0.1, 0.15) is 15.6 Å². The highest BCUT2D eigenvalue weighted by atomic mass is 32.1. The van der Waals surface area contributed by atoms with E-state index in [2.05, 4.69) is 4.98 Å². The number of ether oxygens (including phenoxy) is 4. The van der Waals surface area contributed by atoms with Crippen molar-refractivity contribution < 1.29 is 28.7 Å². The van der Waals surface area contributed by atoms with E-state index >= 15 is 0 Å².